The lowest BCUT2D eigenvalue weighted by molar-refractivity contribution is 0.116. The molecule has 1 aliphatic carbocycles. The number of anilines is 1. The highest BCUT2D eigenvalue weighted by Gasteiger charge is 2.23. The number of rotatable bonds is 6. The summed E-state index contributed by atoms with van der Waals surface area (Å²) in [4.78, 5) is 2.39. The first-order chi connectivity index (χ1) is 13.2. The molecule has 1 saturated heterocycles. The molecule has 0 radical (unpaired) electrons. The normalized spacial score (nSPS) is 20.2. The molecular weight excluding hydrogens is 343 g/mol. The van der Waals surface area contributed by atoms with Gasteiger partial charge in [0.05, 0.1) is 13.2 Å². The van der Waals surface area contributed by atoms with Crippen LogP contribution >= 0.6 is 0 Å². The van der Waals surface area contributed by atoms with Crippen LogP contribution in [-0.4, -0.2) is 38.9 Å². The largest absolute Gasteiger partial charge is 0.493 e. The fourth-order valence-corrected chi connectivity index (χ4v) is 3.72. The molecule has 1 aliphatic heterocycles. The standard InChI is InChI=1S/C22H27FN2O2/c1-26-21-10-9-19(14-22(21)27-20-3-2-4-20)25-12-11-24-18(15-25)13-16-5-7-17(23)8-6-16/h5-10,14,18,20,24H,2-4,11-13,15H2,1H3/t18-/m0/s1. The van der Waals surface area contributed by atoms with Gasteiger partial charge >= 0.3 is 0 Å². The number of halogens is 1. The van der Waals surface area contributed by atoms with E-state index in [9.17, 15) is 4.39 Å². The van der Waals surface area contributed by atoms with Crippen molar-refractivity contribution in [1.29, 1.82) is 0 Å². The van der Waals surface area contributed by atoms with Crippen LogP contribution in [0.2, 0.25) is 0 Å². The molecule has 144 valence electrons. The van der Waals surface area contributed by atoms with Crippen molar-refractivity contribution < 1.29 is 13.9 Å². The molecule has 4 rings (SSSR count). The number of ether oxygens (including phenoxy) is 2. The summed E-state index contributed by atoms with van der Waals surface area (Å²) in [6.45, 7) is 2.79. The van der Waals surface area contributed by atoms with Crippen LogP contribution in [0.15, 0.2) is 42.5 Å². The maximum Gasteiger partial charge on any atom is 0.163 e. The van der Waals surface area contributed by atoms with Crippen molar-refractivity contribution in [2.45, 2.75) is 37.8 Å². The summed E-state index contributed by atoms with van der Waals surface area (Å²) in [5, 5.41) is 3.58. The molecule has 2 aromatic rings. The highest BCUT2D eigenvalue weighted by atomic mass is 19.1. The van der Waals surface area contributed by atoms with E-state index in [1.54, 1.807) is 7.11 Å². The Morgan fingerprint density at radius 1 is 1.11 bits per heavy atom. The van der Waals surface area contributed by atoms with Crippen LogP contribution in [0.4, 0.5) is 10.1 Å². The number of hydrogen-bond donors (Lipinski definition) is 1. The van der Waals surface area contributed by atoms with Crippen molar-refractivity contribution in [3.05, 3.63) is 53.8 Å². The van der Waals surface area contributed by atoms with E-state index in [1.807, 2.05) is 18.2 Å². The highest BCUT2D eigenvalue weighted by Crippen LogP contribution is 2.35. The molecule has 1 N–H and O–H groups in total. The zero-order chi connectivity index (χ0) is 18.6. The van der Waals surface area contributed by atoms with Crippen molar-refractivity contribution in [3.63, 3.8) is 0 Å². The summed E-state index contributed by atoms with van der Waals surface area (Å²) in [6.07, 6.45) is 4.71. The molecule has 4 nitrogen and oxygen atoms in total. The van der Waals surface area contributed by atoms with Crippen LogP contribution in [0.3, 0.4) is 0 Å². The average molecular weight is 370 g/mol. The molecule has 27 heavy (non-hydrogen) atoms. The molecule has 0 spiro atoms. The molecule has 2 aromatic carbocycles. The van der Waals surface area contributed by atoms with Gasteiger partial charge in [0, 0.05) is 37.4 Å². The Kier molecular flexibility index (Phi) is 5.48. The van der Waals surface area contributed by atoms with E-state index in [1.165, 1.54) is 18.6 Å². The summed E-state index contributed by atoms with van der Waals surface area (Å²) in [6, 6.07) is 13.3. The lowest BCUT2D eigenvalue weighted by atomic mass is 9.96. The van der Waals surface area contributed by atoms with Crippen LogP contribution in [0.1, 0.15) is 24.8 Å². The molecule has 2 fully saturated rings. The third kappa shape index (κ3) is 4.35. The molecule has 0 amide bonds. The van der Waals surface area contributed by atoms with Crippen molar-refractivity contribution >= 4 is 5.69 Å². The Balaban J connectivity index is 1.45. The average Bonchev–Trinajstić information content (AvgIpc) is 2.66. The Morgan fingerprint density at radius 3 is 2.63 bits per heavy atom. The predicted octanol–water partition coefficient (Wildman–Crippen LogP) is 3.79. The zero-order valence-corrected chi connectivity index (χ0v) is 15.8. The second-order valence-corrected chi connectivity index (χ2v) is 7.43. The van der Waals surface area contributed by atoms with Gasteiger partial charge in [-0.15, -0.1) is 0 Å². The minimum absolute atomic E-state index is 0.186. The number of methoxy groups -OCH3 is 1. The van der Waals surface area contributed by atoms with Crippen molar-refractivity contribution in [2.75, 3.05) is 31.6 Å². The Bertz CT molecular complexity index is 761. The minimum Gasteiger partial charge on any atom is -0.493 e. The van der Waals surface area contributed by atoms with Gasteiger partial charge < -0.3 is 19.7 Å². The van der Waals surface area contributed by atoms with Gasteiger partial charge in [-0.2, -0.15) is 0 Å². The van der Waals surface area contributed by atoms with E-state index < -0.39 is 0 Å². The van der Waals surface area contributed by atoms with Gasteiger partial charge in [-0.3, -0.25) is 0 Å². The van der Waals surface area contributed by atoms with Gasteiger partial charge in [0.1, 0.15) is 5.82 Å². The Morgan fingerprint density at radius 2 is 1.93 bits per heavy atom. The van der Waals surface area contributed by atoms with Crippen LogP contribution < -0.4 is 19.7 Å². The van der Waals surface area contributed by atoms with Gasteiger partial charge in [0.25, 0.3) is 0 Å². The SMILES string of the molecule is COc1ccc(N2CCN[C@@H](Cc3ccc(F)cc3)C2)cc1OC1CCC1. The molecule has 2 aliphatic rings. The number of nitrogens with one attached hydrogen (secondary N) is 1. The molecular formula is C22H27FN2O2. The van der Waals surface area contributed by atoms with Crippen molar-refractivity contribution in [1.82, 2.24) is 5.32 Å². The smallest absolute Gasteiger partial charge is 0.163 e. The van der Waals surface area contributed by atoms with E-state index in [0.717, 1.165) is 61.6 Å². The third-order valence-corrected chi connectivity index (χ3v) is 5.51. The molecule has 0 aromatic heterocycles. The van der Waals surface area contributed by atoms with E-state index >= 15 is 0 Å². The monoisotopic (exact) mass is 370 g/mol. The Hall–Kier alpha value is -2.27. The van der Waals surface area contributed by atoms with Gasteiger partial charge in [0.15, 0.2) is 11.5 Å². The van der Waals surface area contributed by atoms with E-state index in [0.29, 0.717) is 12.1 Å². The zero-order valence-electron chi connectivity index (χ0n) is 15.8. The van der Waals surface area contributed by atoms with E-state index in [-0.39, 0.29) is 5.82 Å². The number of nitrogens with zero attached hydrogens (tertiary/aromatic N) is 1. The quantitative estimate of drug-likeness (QED) is 0.839. The molecule has 1 heterocycles. The predicted molar refractivity (Wildman–Crippen MR) is 105 cm³/mol. The maximum absolute atomic E-state index is 13.1. The van der Waals surface area contributed by atoms with Gasteiger partial charge in [-0.25, -0.2) is 4.39 Å². The summed E-state index contributed by atoms with van der Waals surface area (Å²) in [7, 11) is 1.69. The first-order valence-electron chi connectivity index (χ1n) is 9.79. The fraction of sp³-hybridized carbons (Fsp3) is 0.455. The van der Waals surface area contributed by atoms with Crippen LogP contribution in [0, 0.1) is 5.82 Å². The topological polar surface area (TPSA) is 33.7 Å². The van der Waals surface area contributed by atoms with Crippen molar-refractivity contribution in [2.24, 2.45) is 0 Å². The van der Waals surface area contributed by atoms with Crippen LogP contribution in [0.5, 0.6) is 11.5 Å². The first kappa shape index (κ1) is 18.1. The molecule has 5 heteroatoms. The third-order valence-electron chi connectivity index (χ3n) is 5.51. The van der Waals surface area contributed by atoms with Crippen LogP contribution in [0.25, 0.3) is 0 Å². The van der Waals surface area contributed by atoms with Crippen LogP contribution in [-0.2, 0) is 6.42 Å². The lowest BCUT2D eigenvalue weighted by Gasteiger charge is -2.36. The molecule has 0 unspecified atom stereocenters. The summed E-state index contributed by atoms with van der Waals surface area (Å²) < 4.78 is 24.7. The number of benzene rings is 2. The first-order valence-corrected chi connectivity index (χ1v) is 9.79. The maximum atomic E-state index is 13.1. The van der Waals surface area contributed by atoms with Gasteiger partial charge in [-0.05, 0) is 55.5 Å². The molecule has 1 atom stereocenters. The molecule has 1 saturated carbocycles. The second kappa shape index (κ2) is 8.17. The minimum atomic E-state index is -0.186. The van der Waals surface area contributed by atoms with Gasteiger partial charge in [-0.1, -0.05) is 12.1 Å². The van der Waals surface area contributed by atoms with E-state index in [2.05, 4.69) is 22.3 Å². The summed E-state index contributed by atoms with van der Waals surface area (Å²) in [5.74, 6) is 1.45. The second-order valence-electron chi connectivity index (χ2n) is 7.43. The fourth-order valence-electron chi connectivity index (χ4n) is 3.72. The lowest BCUT2D eigenvalue weighted by Crippen LogP contribution is -2.51. The van der Waals surface area contributed by atoms with Gasteiger partial charge in [0.2, 0.25) is 0 Å². The highest BCUT2D eigenvalue weighted by molar-refractivity contribution is 5.57. The number of piperazine rings is 1. The summed E-state index contributed by atoms with van der Waals surface area (Å²) >= 11 is 0. The molecule has 0 bridgehead atoms. The Labute approximate surface area is 160 Å². The van der Waals surface area contributed by atoms with Crippen molar-refractivity contribution in [3.8, 4) is 11.5 Å². The number of hydrogen-bond acceptors (Lipinski definition) is 4. The van der Waals surface area contributed by atoms with E-state index in [4.69, 9.17) is 9.47 Å². The summed E-state index contributed by atoms with van der Waals surface area (Å²) in [5.41, 5.74) is 2.32.